The van der Waals surface area contributed by atoms with Crippen molar-refractivity contribution in [3.05, 3.63) is 0 Å². The minimum absolute atomic E-state index is 0.195. The summed E-state index contributed by atoms with van der Waals surface area (Å²) in [5.41, 5.74) is -0.432. The lowest BCUT2D eigenvalue weighted by molar-refractivity contribution is -0.124. The lowest BCUT2D eigenvalue weighted by atomic mass is 9.90. The van der Waals surface area contributed by atoms with Crippen LogP contribution in [0.3, 0.4) is 0 Å². The molecule has 1 amide bonds. The van der Waals surface area contributed by atoms with Crippen LogP contribution in [0.15, 0.2) is 0 Å². The Morgan fingerprint density at radius 3 is 3.11 bits per heavy atom. The number of hydrogen-bond donors (Lipinski definition) is 2. The van der Waals surface area contributed by atoms with Crippen molar-refractivity contribution < 1.29 is 4.79 Å². The number of rotatable bonds is 5. The van der Waals surface area contributed by atoms with Gasteiger partial charge in [-0.05, 0) is 52.7 Å². The van der Waals surface area contributed by atoms with Crippen molar-refractivity contribution in [2.45, 2.75) is 44.2 Å². The third-order valence-corrected chi connectivity index (χ3v) is 4.64. The van der Waals surface area contributed by atoms with Crippen molar-refractivity contribution in [3.63, 3.8) is 0 Å². The molecule has 5 nitrogen and oxygen atoms in total. The monoisotopic (exact) mass is 264 g/mol. The normalized spacial score (nSPS) is 30.3. The molecule has 0 aromatic heterocycles. The standard InChI is InChI=1S/C14H24N4O/c1-14(10-15,16-2)6-4-8-18-7-3-5-11-12(18)9-17-13(11)19/h11-12,16H,3-9H2,1-2H3,(H,17,19). The number of amides is 1. The molecule has 0 saturated carbocycles. The Bertz CT molecular complexity index is 378. The molecule has 0 radical (unpaired) electrons. The highest BCUT2D eigenvalue weighted by Gasteiger charge is 2.40. The van der Waals surface area contributed by atoms with E-state index in [1.165, 1.54) is 0 Å². The number of nitrogens with zero attached hydrogens (tertiary/aromatic N) is 2. The van der Waals surface area contributed by atoms with Gasteiger partial charge in [0.15, 0.2) is 0 Å². The van der Waals surface area contributed by atoms with Crippen LogP contribution in [-0.4, -0.2) is 49.1 Å². The maximum Gasteiger partial charge on any atom is 0.224 e. The van der Waals surface area contributed by atoms with Crippen LogP contribution in [-0.2, 0) is 4.79 Å². The van der Waals surface area contributed by atoms with Crippen molar-refractivity contribution in [3.8, 4) is 6.07 Å². The second kappa shape index (κ2) is 5.89. The van der Waals surface area contributed by atoms with E-state index in [0.717, 1.165) is 45.3 Å². The van der Waals surface area contributed by atoms with Gasteiger partial charge in [-0.3, -0.25) is 9.69 Å². The molecule has 2 rings (SSSR count). The Labute approximate surface area is 115 Å². The first-order valence-corrected chi connectivity index (χ1v) is 7.21. The molecule has 2 N–H and O–H groups in total. The molecule has 2 aliphatic heterocycles. The predicted octanol–water partition coefficient (Wildman–Crippen LogP) is 0.479. The highest BCUT2D eigenvalue weighted by Crippen LogP contribution is 2.27. The van der Waals surface area contributed by atoms with Crippen LogP contribution in [0.5, 0.6) is 0 Å². The van der Waals surface area contributed by atoms with Crippen LogP contribution in [0.25, 0.3) is 0 Å². The third kappa shape index (κ3) is 3.07. The molecule has 2 fully saturated rings. The van der Waals surface area contributed by atoms with Gasteiger partial charge in [0.25, 0.3) is 0 Å². The van der Waals surface area contributed by atoms with Gasteiger partial charge >= 0.3 is 0 Å². The lowest BCUT2D eigenvalue weighted by Crippen LogP contribution is -2.46. The van der Waals surface area contributed by atoms with E-state index >= 15 is 0 Å². The molecule has 2 aliphatic rings. The Balaban J connectivity index is 1.83. The molecule has 19 heavy (non-hydrogen) atoms. The van der Waals surface area contributed by atoms with Gasteiger partial charge in [0.1, 0.15) is 5.54 Å². The average Bonchev–Trinajstić information content (AvgIpc) is 2.81. The predicted molar refractivity (Wildman–Crippen MR) is 73.4 cm³/mol. The number of nitrogens with one attached hydrogen (secondary N) is 2. The Morgan fingerprint density at radius 2 is 2.42 bits per heavy atom. The summed E-state index contributed by atoms with van der Waals surface area (Å²) in [5, 5.41) is 15.2. The smallest absolute Gasteiger partial charge is 0.224 e. The van der Waals surface area contributed by atoms with Gasteiger partial charge in [-0.2, -0.15) is 5.26 Å². The van der Waals surface area contributed by atoms with Crippen molar-refractivity contribution in [1.82, 2.24) is 15.5 Å². The van der Waals surface area contributed by atoms with Gasteiger partial charge in [0, 0.05) is 12.6 Å². The Kier molecular flexibility index (Phi) is 4.43. The van der Waals surface area contributed by atoms with Crippen LogP contribution in [0.2, 0.25) is 0 Å². The number of carbonyl (C=O) groups is 1. The number of carbonyl (C=O) groups excluding carboxylic acids is 1. The van der Waals surface area contributed by atoms with Crippen LogP contribution in [0.1, 0.15) is 32.6 Å². The summed E-state index contributed by atoms with van der Waals surface area (Å²) in [6, 6.07) is 2.70. The molecular weight excluding hydrogens is 240 g/mol. The molecule has 0 aromatic rings. The number of nitriles is 1. The summed E-state index contributed by atoms with van der Waals surface area (Å²) in [5.74, 6) is 0.423. The number of fused-ring (bicyclic) bond motifs is 1. The molecule has 3 unspecified atom stereocenters. The molecule has 106 valence electrons. The fourth-order valence-electron chi connectivity index (χ4n) is 3.19. The van der Waals surface area contributed by atoms with Gasteiger partial charge < -0.3 is 10.6 Å². The van der Waals surface area contributed by atoms with E-state index in [2.05, 4.69) is 21.6 Å². The first-order valence-electron chi connectivity index (χ1n) is 7.21. The topological polar surface area (TPSA) is 68.2 Å². The molecule has 0 aliphatic carbocycles. The van der Waals surface area contributed by atoms with E-state index in [-0.39, 0.29) is 11.8 Å². The Hall–Kier alpha value is -1.12. The van der Waals surface area contributed by atoms with Crippen molar-refractivity contribution in [2.24, 2.45) is 5.92 Å². The van der Waals surface area contributed by atoms with Crippen molar-refractivity contribution in [1.29, 1.82) is 5.26 Å². The summed E-state index contributed by atoms with van der Waals surface area (Å²) in [4.78, 5) is 14.1. The summed E-state index contributed by atoms with van der Waals surface area (Å²) in [6.07, 6.45) is 3.97. The van der Waals surface area contributed by atoms with Crippen molar-refractivity contribution in [2.75, 3.05) is 26.7 Å². The second-order valence-electron chi connectivity index (χ2n) is 5.89. The molecule has 2 saturated heterocycles. The summed E-state index contributed by atoms with van der Waals surface area (Å²) >= 11 is 0. The fraction of sp³-hybridized carbons (Fsp3) is 0.857. The van der Waals surface area contributed by atoms with Gasteiger partial charge in [-0.25, -0.2) is 0 Å². The van der Waals surface area contributed by atoms with E-state index in [0.29, 0.717) is 6.04 Å². The summed E-state index contributed by atoms with van der Waals surface area (Å²) < 4.78 is 0. The van der Waals surface area contributed by atoms with E-state index in [9.17, 15) is 4.79 Å². The quantitative estimate of drug-likeness (QED) is 0.758. The van der Waals surface area contributed by atoms with Crippen molar-refractivity contribution >= 4 is 5.91 Å². The minimum Gasteiger partial charge on any atom is -0.354 e. The van der Waals surface area contributed by atoms with Crippen LogP contribution in [0.4, 0.5) is 0 Å². The van der Waals surface area contributed by atoms with Gasteiger partial charge in [0.05, 0.1) is 12.0 Å². The van der Waals surface area contributed by atoms with E-state index in [1.807, 2.05) is 14.0 Å². The first-order chi connectivity index (χ1) is 9.09. The zero-order valence-electron chi connectivity index (χ0n) is 11.9. The molecule has 0 bridgehead atoms. The average molecular weight is 264 g/mol. The highest BCUT2D eigenvalue weighted by molar-refractivity contribution is 5.82. The molecular formula is C14H24N4O. The highest BCUT2D eigenvalue weighted by atomic mass is 16.2. The lowest BCUT2D eigenvalue weighted by Gasteiger charge is -2.36. The molecule has 0 spiro atoms. The van der Waals surface area contributed by atoms with Crippen LogP contribution in [0, 0.1) is 17.2 Å². The summed E-state index contributed by atoms with van der Waals surface area (Å²) in [6.45, 7) is 4.80. The van der Waals surface area contributed by atoms with Gasteiger partial charge in [-0.1, -0.05) is 0 Å². The third-order valence-electron chi connectivity index (χ3n) is 4.64. The van der Waals surface area contributed by atoms with E-state index in [1.54, 1.807) is 0 Å². The largest absolute Gasteiger partial charge is 0.354 e. The second-order valence-corrected chi connectivity index (χ2v) is 5.89. The molecule has 5 heteroatoms. The maximum absolute atomic E-state index is 11.7. The molecule has 0 aromatic carbocycles. The first kappa shape index (κ1) is 14.3. The number of hydrogen-bond acceptors (Lipinski definition) is 4. The number of likely N-dealkylation sites (tertiary alicyclic amines) is 1. The SMILES string of the molecule is CNC(C)(C#N)CCCN1CCCC2C(=O)NCC21. The molecule has 2 heterocycles. The van der Waals surface area contributed by atoms with Gasteiger partial charge in [0.2, 0.25) is 5.91 Å². The maximum atomic E-state index is 11.7. The van der Waals surface area contributed by atoms with Crippen LogP contribution >= 0.6 is 0 Å². The van der Waals surface area contributed by atoms with Gasteiger partial charge in [-0.15, -0.1) is 0 Å². The van der Waals surface area contributed by atoms with E-state index < -0.39 is 5.54 Å². The summed E-state index contributed by atoms with van der Waals surface area (Å²) in [7, 11) is 1.83. The zero-order valence-corrected chi connectivity index (χ0v) is 11.9. The zero-order chi connectivity index (χ0) is 13.9. The van der Waals surface area contributed by atoms with E-state index in [4.69, 9.17) is 5.26 Å². The fourth-order valence-corrected chi connectivity index (χ4v) is 3.19. The Morgan fingerprint density at radius 1 is 1.63 bits per heavy atom. The minimum atomic E-state index is -0.432. The molecule has 3 atom stereocenters. The van der Waals surface area contributed by atoms with Crippen LogP contribution < -0.4 is 10.6 Å². The number of piperidine rings is 1.